The van der Waals surface area contributed by atoms with Gasteiger partial charge in [0.05, 0.1) is 30.2 Å². The Bertz CT molecular complexity index is 1080. The second-order valence-corrected chi connectivity index (χ2v) is 6.16. The minimum atomic E-state index is -0.901. The summed E-state index contributed by atoms with van der Waals surface area (Å²) < 4.78 is 16.5. The second-order valence-electron chi connectivity index (χ2n) is 5.30. The van der Waals surface area contributed by atoms with Crippen LogP contribution in [0, 0.1) is 11.3 Å². The molecule has 3 rings (SSSR count). The van der Waals surface area contributed by atoms with Crippen LogP contribution in [0.3, 0.4) is 0 Å². The van der Waals surface area contributed by atoms with Gasteiger partial charge in [-0.2, -0.15) is 5.26 Å². The van der Waals surface area contributed by atoms with E-state index in [-0.39, 0.29) is 22.9 Å². The molecule has 0 spiro atoms. The van der Waals surface area contributed by atoms with Crippen LogP contribution in [0.25, 0.3) is 0 Å². The maximum atomic E-state index is 12.4. The molecule has 0 amide bonds. The predicted octanol–water partition coefficient (Wildman–Crippen LogP) is 1.06. The van der Waals surface area contributed by atoms with Crippen molar-refractivity contribution in [3.63, 3.8) is 0 Å². The van der Waals surface area contributed by atoms with E-state index in [1.54, 1.807) is 12.1 Å². The number of nitrogens with zero attached hydrogens (tertiary/aromatic N) is 1. The molecule has 1 unspecified atom stereocenters. The molecule has 0 bridgehead atoms. The van der Waals surface area contributed by atoms with Gasteiger partial charge in [0.25, 0.3) is 5.56 Å². The molecule has 134 valence electrons. The van der Waals surface area contributed by atoms with Crippen LogP contribution in [-0.4, -0.2) is 24.2 Å². The van der Waals surface area contributed by atoms with Crippen LogP contribution in [-0.2, 0) is 0 Å². The number of hydrogen-bond donors (Lipinski definition) is 3. The Morgan fingerprint density at radius 3 is 2.54 bits per heavy atom. The highest BCUT2D eigenvalue weighted by Crippen LogP contribution is 2.45. The summed E-state index contributed by atoms with van der Waals surface area (Å²) in [6.07, 6.45) is 0. The number of ether oxygens (including phenoxy) is 3. The summed E-state index contributed by atoms with van der Waals surface area (Å²) >= 11 is 3.38. The van der Waals surface area contributed by atoms with Crippen molar-refractivity contribution in [3.8, 4) is 23.4 Å². The molecular weight excluding hydrogens is 408 g/mol. The first-order chi connectivity index (χ1) is 12.4. The number of nitriles is 1. The second kappa shape index (κ2) is 6.61. The fourth-order valence-electron chi connectivity index (χ4n) is 2.81. The molecule has 26 heavy (non-hydrogen) atoms. The molecule has 0 fully saturated rings. The van der Waals surface area contributed by atoms with Gasteiger partial charge in [0, 0.05) is 11.6 Å². The monoisotopic (exact) mass is 420 g/mol. The van der Waals surface area contributed by atoms with Gasteiger partial charge in [-0.25, -0.2) is 4.79 Å². The summed E-state index contributed by atoms with van der Waals surface area (Å²) in [4.78, 5) is 28.5. The number of nitrogens with one attached hydrogen (secondary N) is 2. The number of halogens is 1. The van der Waals surface area contributed by atoms with Gasteiger partial charge in [0.2, 0.25) is 11.8 Å². The zero-order chi connectivity index (χ0) is 19.0. The number of allylic oxidation sites excluding steroid dienone is 1. The number of nitrogens with two attached hydrogens (primary N) is 1. The van der Waals surface area contributed by atoms with E-state index >= 15 is 0 Å². The highest BCUT2D eigenvalue weighted by Gasteiger charge is 2.36. The van der Waals surface area contributed by atoms with Crippen molar-refractivity contribution in [2.45, 2.75) is 5.92 Å². The Hall–Kier alpha value is -3.19. The van der Waals surface area contributed by atoms with Gasteiger partial charge < -0.3 is 19.9 Å². The summed E-state index contributed by atoms with van der Waals surface area (Å²) in [5.41, 5.74) is 4.94. The number of rotatable bonds is 3. The molecule has 0 saturated heterocycles. The highest BCUT2D eigenvalue weighted by atomic mass is 79.9. The van der Waals surface area contributed by atoms with Gasteiger partial charge in [-0.3, -0.25) is 14.8 Å². The standard InChI is InChI=1S/C16H13BrN4O5/c1-24-9-4-10(25-2)8(17)3-6(9)11-7(5-18)13(19)26-15-12(11)14(22)20-16(23)21-15/h3-4,11H,19H2,1-2H3,(H2,20,21,22,23). The number of hydrogen-bond acceptors (Lipinski definition) is 7. The maximum absolute atomic E-state index is 12.4. The Balaban J connectivity index is 2.38. The molecule has 1 aromatic heterocycles. The average molecular weight is 421 g/mol. The number of benzene rings is 1. The third-order valence-corrected chi connectivity index (χ3v) is 4.55. The van der Waals surface area contributed by atoms with Crippen molar-refractivity contribution in [2.75, 3.05) is 14.2 Å². The maximum Gasteiger partial charge on any atom is 0.328 e. The first-order valence-corrected chi connectivity index (χ1v) is 8.06. The van der Waals surface area contributed by atoms with Gasteiger partial charge in [-0.1, -0.05) is 0 Å². The lowest BCUT2D eigenvalue weighted by molar-refractivity contribution is 0.367. The minimum Gasteiger partial charge on any atom is -0.496 e. The van der Waals surface area contributed by atoms with Crippen molar-refractivity contribution in [3.05, 3.63) is 60.0 Å². The highest BCUT2D eigenvalue weighted by molar-refractivity contribution is 9.10. The van der Waals surface area contributed by atoms with Crippen molar-refractivity contribution in [2.24, 2.45) is 5.73 Å². The normalized spacial score (nSPS) is 15.7. The van der Waals surface area contributed by atoms with Crippen LogP contribution in [0.4, 0.5) is 0 Å². The van der Waals surface area contributed by atoms with Crippen LogP contribution in [0.5, 0.6) is 17.4 Å². The molecule has 0 saturated carbocycles. The zero-order valence-corrected chi connectivity index (χ0v) is 15.3. The minimum absolute atomic E-state index is 0.0189. The molecular formula is C16H13BrN4O5. The van der Waals surface area contributed by atoms with E-state index in [1.807, 2.05) is 6.07 Å². The topological polar surface area (TPSA) is 143 Å². The molecule has 1 aromatic carbocycles. The van der Waals surface area contributed by atoms with Crippen LogP contribution >= 0.6 is 15.9 Å². The zero-order valence-electron chi connectivity index (χ0n) is 13.7. The van der Waals surface area contributed by atoms with E-state index in [0.717, 1.165) is 0 Å². The first kappa shape index (κ1) is 17.6. The molecule has 9 nitrogen and oxygen atoms in total. The lowest BCUT2D eigenvalue weighted by Gasteiger charge is -2.26. The number of methoxy groups -OCH3 is 2. The first-order valence-electron chi connectivity index (χ1n) is 7.26. The Morgan fingerprint density at radius 2 is 1.92 bits per heavy atom. The summed E-state index contributed by atoms with van der Waals surface area (Å²) in [6.45, 7) is 0. The number of H-pyrrole nitrogens is 2. The molecule has 0 aliphatic carbocycles. The molecule has 1 aliphatic rings. The van der Waals surface area contributed by atoms with Crippen LogP contribution in [0.2, 0.25) is 0 Å². The number of aromatic amines is 2. The lowest BCUT2D eigenvalue weighted by atomic mass is 9.84. The molecule has 4 N–H and O–H groups in total. The van der Waals surface area contributed by atoms with E-state index in [9.17, 15) is 14.9 Å². The summed E-state index contributed by atoms with van der Waals surface area (Å²) in [7, 11) is 2.94. The molecule has 1 aliphatic heterocycles. The fraction of sp³-hybridized carbons (Fsp3) is 0.188. The SMILES string of the molecule is COc1cc(OC)c(C2C(C#N)=C(N)Oc3[nH]c(=O)[nH]c(=O)c32)cc1Br. The summed E-state index contributed by atoms with van der Waals surface area (Å²) in [6, 6.07) is 5.24. The van der Waals surface area contributed by atoms with Crippen molar-refractivity contribution in [1.82, 2.24) is 9.97 Å². The molecule has 0 radical (unpaired) electrons. The largest absolute Gasteiger partial charge is 0.496 e. The number of fused-ring (bicyclic) bond motifs is 1. The summed E-state index contributed by atoms with van der Waals surface area (Å²) in [5.74, 6) is -0.353. The number of aromatic nitrogens is 2. The Labute approximate surface area is 155 Å². The summed E-state index contributed by atoms with van der Waals surface area (Å²) in [5, 5.41) is 9.57. The van der Waals surface area contributed by atoms with Crippen LogP contribution in [0.1, 0.15) is 17.0 Å². The molecule has 2 aromatic rings. The van der Waals surface area contributed by atoms with Gasteiger partial charge in [-0.15, -0.1) is 0 Å². The molecule has 10 heteroatoms. The van der Waals surface area contributed by atoms with Gasteiger partial charge >= 0.3 is 5.69 Å². The van der Waals surface area contributed by atoms with E-state index in [1.165, 1.54) is 14.2 Å². The van der Waals surface area contributed by atoms with E-state index in [2.05, 4.69) is 25.9 Å². The molecule has 1 atom stereocenters. The Kier molecular flexibility index (Phi) is 4.48. The molecule has 2 heterocycles. The average Bonchev–Trinajstić information content (AvgIpc) is 2.60. The van der Waals surface area contributed by atoms with Gasteiger partial charge in [0.15, 0.2) is 0 Å². The van der Waals surface area contributed by atoms with E-state index in [0.29, 0.717) is 21.5 Å². The quantitative estimate of drug-likeness (QED) is 0.673. The Morgan fingerprint density at radius 1 is 1.23 bits per heavy atom. The van der Waals surface area contributed by atoms with Crippen molar-refractivity contribution in [1.29, 1.82) is 5.26 Å². The van der Waals surface area contributed by atoms with Crippen LogP contribution in [0.15, 0.2) is 37.7 Å². The van der Waals surface area contributed by atoms with Crippen molar-refractivity contribution < 1.29 is 14.2 Å². The lowest BCUT2D eigenvalue weighted by Crippen LogP contribution is -2.33. The third-order valence-electron chi connectivity index (χ3n) is 3.93. The fourth-order valence-corrected chi connectivity index (χ4v) is 3.33. The smallest absolute Gasteiger partial charge is 0.328 e. The van der Waals surface area contributed by atoms with Crippen LogP contribution < -0.4 is 31.2 Å². The third kappa shape index (κ3) is 2.72. The van der Waals surface area contributed by atoms with E-state index in [4.69, 9.17) is 19.9 Å². The predicted molar refractivity (Wildman–Crippen MR) is 94.2 cm³/mol. The van der Waals surface area contributed by atoms with Gasteiger partial charge in [-0.05, 0) is 22.0 Å². The van der Waals surface area contributed by atoms with E-state index < -0.39 is 17.2 Å². The van der Waals surface area contributed by atoms with Crippen molar-refractivity contribution >= 4 is 15.9 Å². The van der Waals surface area contributed by atoms with Gasteiger partial charge in [0.1, 0.15) is 23.1 Å².